The molecule has 3 rings (SSSR count). The molecular weight excluding hydrogens is 306 g/mol. The number of para-hydroxylation sites is 1. The van der Waals surface area contributed by atoms with Crippen molar-refractivity contribution in [1.82, 2.24) is 9.88 Å². The van der Waals surface area contributed by atoms with E-state index in [1.807, 2.05) is 38.1 Å². The van der Waals surface area contributed by atoms with E-state index < -0.39 is 10.8 Å². The van der Waals surface area contributed by atoms with Crippen molar-refractivity contribution in [2.24, 2.45) is 0 Å². The molecule has 1 N–H and O–H groups in total. The van der Waals surface area contributed by atoms with Crippen LogP contribution in [0.2, 0.25) is 0 Å². The van der Waals surface area contributed by atoms with Crippen LogP contribution in [0.15, 0.2) is 24.3 Å². The van der Waals surface area contributed by atoms with Crippen molar-refractivity contribution >= 4 is 43.5 Å². The molecule has 0 aliphatic carbocycles. The summed E-state index contributed by atoms with van der Waals surface area (Å²) in [6.45, 7) is 4.88. The maximum atomic E-state index is 12.3. The van der Waals surface area contributed by atoms with Gasteiger partial charge in [0.05, 0.1) is 15.0 Å². The predicted octanol–water partition coefficient (Wildman–Crippen LogP) is 2.67. The summed E-state index contributed by atoms with van der Waals surface area (Å²) >= 11 is 1.46. The molecule has 2 amide bonds. The van der Waals surface area contributed by atoms with Crippen molar-refractivity contribution in [3.05, 3.63) is 24.3 Å². The number of urea groups is 1. The Morgan fingerprint density at radius 2 is 2.19 bits per heavy atom. The van der Waals surface area contributed by atoms with E-state index in [1.165, 1.54) is 11.3 Å². The van der Waals surface area contributed by atoms with Crippen LogP contribution < -0.4 is 5.32 Å². The van der Waals surface area contributed by atoms with Crippen molar-refractivity contribution in [2.45, 2.75) is 18.6 Å². The SMILES string of the molecule is CC1(C)CN(C(=O)Nc2nc3ccccc3s2)CC[S@]1=O. The Morgan fingerprint density at radius 3 is 2.90 bits per heavy atom. The van der Waals surface area contributed by atoms with Gasteiger partial charge in [-0.1, -0.05) is 23.5 Å². The van der Waals surface area contributed by atoms with Gasteiger partial charge in [-0.3, -0.25) is 9.53 Å². The predicted molar refractivity (Wildman–Crippen MR) is 87.3 cm³/mol. The zero-order valence-electron chi connectivity index (χ0n) is 12.0. The third-order valence-corrected chi connectivity index (χ3v) is 6.40. The van der Waals surface area contributed by atoms with Gasteiger partial charge in [0.25, 0.3) is 0 Å². The fourth-order valence-electron chi connectivity index (χ4n) is 2.35. The molecule has 1 aliphatic rings. The number of amides is 2. The lowest BCUT2D eigenvalue weighted by Crippen LogP contribution is -2.53. The van der Waals surface area contributed by atoms with Crippen LogP contribution in [0.4, 0.5) is 9.93 Å². The lowest BCUT2D eigenvalue weighted by molar-refractivity contribution is 0.207. The number of hydrogen-bond donors (Lipinski definition) is 1. The van der Waals surface area contributed by atoms with Crippen LogP contribution in [0.1, 0.15) is 13.8 Å². The summed E-state index contributed by atoms with van der Waals surface area (Å²) in [7, 11) is -0.881. The summed E-state index contributed by atoms with van der Waals surface area (Å²) in [6, 6.07) is 7.62. The monoisotopic (exact) mass is 323 g/mol. The highest BCUT2D eigenvalue weighted by Crippen LogP contribution is 2.26. The Hall–Kier alpha value is -1.47. The van der Waals surface area contributed by atoms with E-state index in [2.05, 4.69) is 10.3 Å². The molecule has 21 heavy (non-hydrogen) atoms. The fraction of sp³-hybridized carbons (Fsp3) is 0.429. The molecule has 0 radical (unpaired) electrons. The first-order valence-corrected chi connectivity index (χ1v) is 8.89. The van der Waals surface area contributed by atoms with Gasteiger partial charge in [-0.15, -0.1) is 0 Å². The minimum atomic E-state index is -0.881. The van der Waals surface area contributed by atoms with Crippen LogP contribution in [0, 0.1) is 0 Å². The van der Waals surface area contributed by atoms with E-state index in [0.717, 1.165) is 10.2 Å². The van der Waals surface area contributed by atoms with E-state index in [9.17, 15) is 9.00 Å². The Morgan fingerprint density at radius 1 is 1.43 bits per heavy atom. The van der Waals surface area contributed by atoms with E-state index in [4.69, 9.17) is 0 Å². The van der Waals surface area contributed by atoms with Crippen molar-refractivity contribution in [3.63, 3.8) is 0 Å². The number of nitrogens with zero attached hydrogens (tertiary/aromatic N) is 2. The Bertz CT molecular complexity index is 678. The number of anilines is 1. The van der Waals surface area contributed by atoms with E-state index in [0.29, 0.717) is 24.0 Å². The van der Waals surface area contributed by atoms with Crippen molar-refractivity contribution in [2.75, 3.05) is 24.2 Å². The fourth-order valence-corrected chi connectivity index (χ4v) is 4.44. The molecule has 1 aromatic carbocycles. The van der Waals surface area contributed by atoms with Crippen molar-refractivity contribution in [3.8, 4) is 0 Å². The summed E-state index contributed by atoms with van der Waals surface area (Å²) in [4.78, 5) is 18.4. The van der Waals surface area contributed by atoms with Crippen LogP contribution in [0.3, 0.4) is 0 Å². The molecular formula is C14H17N3O2S2. The molecule has 1 fully saturated rings. The molecule has 1 aliphatic heterocycles. The molecule has 1 aromatic heterocycles. The van der Waals surface area contributed by atoms with Gasteiger partial charge in [0.1, 0.15) is 0 Å². The summed E-state index contributed by atoms with van der Waals surface area (Å²) < 4.78 is 12.6. The Balaban J connectivity index is 1.73. The number of thiazole rings is 1. The first-order chi connectivity index (χ1) is 9.95. The molecule has 1 saturated heterocycles. The van der Waals surface area contributed by atoms with Crippen molar-refractivity contribution in [1.29, 1.82) is 0 Å². The molecule has 5 nitrogen and oxygen atoms in total. The minimum Gasteiger partial charge on any atom is -0.322 e. The first-order valence-electron chi connectivity index (χ1n) is 6.76. The first kappa shape index (κ1) is 14.5. The van der Waals surface area contributed by atoms with Gasteiger partial charge in [-0.05, 0) is 26.0 Å². The third kappa shape index (κ3) is 2.94. The molecule has 7 heteroatoms. The number of nitrogens with one attached hydrogen (secondary N) is 1. The second kappa shape index (κ2) is 5.38. The molecule has 0 bridgehead atoms. The van der Waals surface area contributed by atoms with Gasteiger partial charge in [-0.2, -0.15) is 0 Å². The van der Waals surface area contributed by atoms with Crippen LogP contribution >= 0.6 is 11.3 Å². The zero-order chi connectivity index (χ0) is 15.0. The van der Waals surface area contributed by atoms with Crippen LogP contribution in [0.25, 0.3) is 10.2 Å². The van der Waals surface area contributed by atoms with Gasteiger partial charge in [-0.25, -0.2) is 9.78 Å². The highest BCUT2D eigenvalue weighted by Gasteiger charge is 2.35. The van der Waals surface area contributed by atoms with E-state index in [1.54, 1.807) is 4.90 Å². The molecule has 112 valence electrons. The maximum absolute atomic E-state index is 12.3. The highest BCUT2D eigenvalue weighted by atomic mass is 32.2. The number of carbonyl (C=O) groups excluding carboxylic acids is 1. The lowest BCUT2D eigenvalue weighted by atomic mass is 10.2. The van der Waals surface area contributed by atoms with Crippen molar-refractivity contribution < 1.29 is 9.00 Å². The van der Waals surface area contributed by atoms with Gasteiger partial charge in [0.15, 0.2) is 5.13 Å². The largest absolute Gasteiger partial charge is 0.323 e. The van der Waals surface area contributed by atoms with E-state index in [-0.39, 0.29) is 10.8 Å². The van der Waals surface area contributed by atoms with Gasteiger partial charge in [0.2, 0.25) is 0 Å². The number of fused-ring (bicyclic) bond motifs is 1. The Labute approximate surface area is 129 Å². The van der Waals surface area contributed by atoms with Crippen LogP contribution in [-0.2, 0) is 10.8 Å². The zero-order valence-corrected chi connectivity index (χ0v) is 13.6. The Kier molecular flexibility index (Phi) is 3.71. The molecule has 0 unspecified atom stereocenters. The number of benzene rings is 1. The summed E-state index contributed by atoms with van der Waals surface area (Å²) in [5, 5.41) is 3.45. The normalized spacial score (nSPS) is 21.4. The number of carbonyl (C=O) groups is 1. The van der Waals surface area contributed by atoms with Gasteiger partial charge in [0, 0.05) is 29.6 Å². The molecule has 1 atom stereocenters. The van der Waals surface area contributed by atoms with Crippen LogP contribution in [0.5, 0.6) is 0 Å². The molecule has 0 spiro atoms. The summed E-state index contributed by atoms with van der Waals surface area (Å²) in [5.74, 6) is 0.528. The summed E-state index contributed by atoms with van der Waals surface area (Å²) in [6.07, 6.45) is 0. The number of aromatic nitrogens is 1. The highest BCUT2D eigenvalue weighted by molar-refractivity contribution is 7.86. The topological polar surface area (TPSA) is 62.3 Å². The second-order valence-corrected chi connectivity index (χ2v) is 8.88. The molecule has 2 aromatic rings. The smallest absolute Gasteiger partial charge is 0.322 e. The second-order valence-electron chi connectivity index (χ2n) is 5.65. The quantitative estimate of drug-likeness (QED) is 0.877. The average Bonchev–Trinajstić information content (AvgIpc) is 2.83. The lowest BCUT2D eigenvalue weighted by Gasteiger charge is -2.36. The third-order valence-electron chi connectivity index (χ3n) is 3.53. The number of hydrogen-bond acceptors (Lipinski definition) is 4. The standard InChI is InChI=1S/C14H17N3O2S2/c1-14(2)9-17(7-8-21(14)19)13(18)16-12-15-10-5-3-4-6-11(10)20-12/h3-6H,7-9H2,1-2H3,(H,15,16,18)/t21-/m1/s1. The maximum Gasteiger partial charge on any atom is 0.323 e. The number of rotatable bonds is 1. The van der Waals surface area contributed by atoms with Gasteiger partial charge >= 0.3 is 6.03 Å². The van der Waals surface area contributed by atoms with E-state index >= 15 is 0 Å². The molecule has 2 heterocycles. The molecule has 0 saturated carbocycles. The van der Waals surface area contributed by atoms with Gasteiger partial charge < -0.3 is 4.90 Å². The minimum absolute atomic E-state index is 0.168. The average molecular weight is 323 g/mol. The summed E-state index contributed by atoms with van der Waals surface area (Å²) in [5.41, 5.74) is 0.887. The van der Waals surface area contributed by atoms with Crippen LogP contribution in [-0.4, -0.2) is 43.7 Å².